The number of carboxylic acids is 2. The molecule has 7 nitrogen and oxygen atoms in total. The van der Waals surface area contributed by atoms with E-state index in [0.717, 1.165) is 50.1 Å². The summed E-state index contributed by atoms with van der Waals surface area (Å²) in [5, 5.41) is 17.9. The van der Waals surface area contributed by atoms with E-state index in [0.29, 0.717) is 27.6 Å². The Morgan fingerprint density at radius 2 is 1.21 bits per heavy atom. The number of benzene rings is 4. The number of aliphatic carboxylic acids is 2. The molecule has 6 aromatic rings. The number of rotatable bonds is 15. The van der Waals surface area contributed by atoms with Crippen LogP contribution in [-0.4, -0.2) is 35.4 Å². The normalized spacial score (nSPS) is 11.5. The molecule has 0 fully saturated rings. The minimum Gasteiger partial charge on any atom is -0.482 e. The van der Waals surface area contributed by atoms with Gasteiger partial charge in [0.25, 0.3) is 0 Å². The molecule has 61 heavy (non-hydrogen) atoms. The van der Waals surface area contributed by atoms with Gasteiger partial charge in [-0.05, 0) is 127 Å². The first-order valence-corrected chi connectivity index (χ1v) is 21.4. The van der Waals surface area contributed by atoms with Crippen molar-refractivity contribution in [2.75, 3.05) is 13.2 Å². The van der Waals surface area contributed by atoms with Gasteiger partial charge in [0, 0.05) is 47.2 Å². The predicted octanol–water partition coefficient (Wildman–Crippen LogP) is 13.7. The van der Waals surface area contributed by atoms with Crippen molar-refractivity contribution in [3.63, 3.8) is 0 Å². The highest BCUT2D eigenvalue weighted by Crippen LogP contribution is 2.41. The molecule has 17 heteroatoms. The molecule has 0 aliphatic rings. The Morgan fingerprint density at radius 3 is 1.69 bits per heavy atom. The van der Waals surface area contributed by atoms with E-state index in [-0.39, 0.29) is 23.7 Å². The maximum atomic E-state index is 13.4. The van der Waals surface area contributed by atoms with Crippen LogP contribution in [0.4, 0.5) is 26.3 Å². The number of hydrogen-bond acceptors (Lipinski definition) is 8. The lowest BCUT2D eigenvalue weighted by Gasteiger charge is -2.09. The first kappa shape index (κ1) is 47.0. The van der Waals surface area contributed by atoms with Crippen molar-refractivity contribution in [3.05, 3.63) is 141 Å². The number of thioether (sulfide) groups is 2. The van der Waals surface area contributed by atoms with E-state index in [1.54, 1.807) is 78.6 Å². The number of alkyl halides is 6. The van der Waals surface area contributed by atoms with Gasteiger partial charge in [-0.15, -0.1) is 34.9 Å². The first-order valence-electron chi connectivity index (χ1n) is 18.2. The lowest BCUT2D eigenvalue weighted by molar-refractivity contribution is -0.153. The van der Waals surface area contributed by atoms with E-state index in [2.05, 4.69) is 13.0 Å². The topological polar surface area (TPSA) is 106 Å². The highest BCUT2D eigenvalue weighted by molar-refractivity contribution is 7.98. The van der Waals surface area contributed by atoms with Gasteiger partial charge >= 0.3 is 24.3 Å². The quantitative estimate of drug-likeness (QED) is 0.0769. The van der Waals surface area contributed by atoms with Crippen LogP contribution in [0, 0.1) is 13.8 Å². The lowest BCUT2D eigenvalue weighted by atomic mass is 10.1. The van der Waals surface area contributed by atoms with Gasteiger partial charge in [0.05, 0.1) is 5.56 Å². The number of furan rings is 1. The Morgan fingerprint density at radius 1 is 0.689 bits per heavy atom. The van der Waals surface area contributed by atoms with E-state index >= 15 is 0 Å². The maximum Gasteiger partial charge on any atom is 0.449 e. The van der Waals surface area contributed by atoms with Crippen LogP contribution in [0.2, 0.25) is 5.02 Å². The molecule has 0 aliphatic carbocycles. The Kier molecular flexibility index (Phi) is 16.0. The van der Waals surface area contributed by atoms with Crippen molar-refractivity contribution in [2.45, 2.75) is 60.8 Å². The number of carbonyl (C=O) groups is 2. The monoisotopic (exact) mass is 922 g/mol. The molecule has 322 valence electrons. The van der Waals surface area contributed by atoms with Gasteiger partial charge in [-0.25, -0.2) is 9.59 Å². The molecule has 0 aliphatic heterocycles. The van der Waals surface area contributed by atoms with Crippen molar-refractivity contribution < 1.29 is 60.0 Å². The molecule has 2 heterocycles. The lowest BCUT2D eigenvalue weighted by Crippen LogP contribution is -2.10. The largest absolute Gasteiger partial charge is 0.482 e. The zero-order valence-electron chi connectivity index (χ0n) is 32.6. The molecule has 2 aromatic heterocycles. The van der Waals surface area contributed by atoms with Gasteiger partial charge in [-0.2, -0.15) is 26.3 Å². The second kappa shape index (κ2) is 20.7. The second-order valence-electron chi connectivity index (χ2n) is 13.3. The van der Waals surface area contributed by atoms with Crippen molar-refractivity contribution in [1.82, 2.24) is 0 Å². The van der Waals surface area contributed by atoms with Crippen LogP contribution in [0.5, 0.6) is 11.5 Å². The standard InChI is InChI=1S/C23H21F3O3S2.C21H16ClF3O4S/c1-3-15-11-20(16-4-6-17(7-5-16)23(24,25)26)31-21(15)13-30-18-8-9-19(14(2)10-18)29-12-22(27)28;1-12-8-16(6-7-17(12)28-10-19(26)27)30-11-14-9-18(29-20(14)21(23,24)25)13-2-4-15(22)5-3-13/h4-11H,3,12-13H2,1-2H3,(H,27,28);2-9H,10-11H2,1H3,(H,26,27). The summed E-state index contributed by atoms with van der Waals surface area (Å²) in [6, 6.07) is 25.7. The zero-order chi connectivity index (χ0) is 44.5. The van der Waals surface area contributed by atoms with E-state index in [1.165, 1.54) is 40.4 Å². The summed E-state index contributed by atoms with van der Waals surface area (Å²) < 4.78 is 94.3. The number of hydrogen-bond donors (Lipinski definition) is 2. The number of thiophene rings is 1. The van der Waals surface area contributed by atoms with Gasteiger partial charge in [0.15, 0.2) is 13.2 Å². The minimum absolute atomic E-state index is 0.0290. The van der Waals surface area contributed by atoms with Gasteiger partial charge in [-0.3, -0.25) is 0 Å². The third kappa shape index (κ3) is 13.5. The van der Waals surface area contributed by atoms with Gasteiger partial charge in [-0.1, -0.05) is 30.7 Å². The van der Waals surface area contributed by atoms with E-state index < -0.39 is 42.2 Å². The molecule has 0 saturated carbocycles. The van der Waals surface area contributed by atoms with Crippen molar-refractivity contribution in [3.8, 4) is 33.3 Å². The molecule has 6 rings (SSSR count). The molecule has 0 amide bonds. The number of aryl methyl sites for hydroxylation is 3. The van der Waals surface area contributed by atoms with Crippen LogP contribution >= 0.6 is 46.5 Å². The Hall–Kier alpha value is -5.03. The molecule has 0 unspecified atom stereocenters. The molecular weight excluding hydrogens is 886 g/mol. The summed E-state index contributed by atoms with van der Waals surface area (Å²) in [7, 11) is 0. The molecule has 2 N–H and O–H groups in total. The summed E-state index contributed by atoms with van der Waals surface area (Å²) in [4.78, 5) is 25.2. The van der Waals surface area contributed by atoms with Crippen LogP contribution in [0.3, 0.4) is 0 Å². The first-order chi connectivity index (χ1) is 28.8. The maximum absolute atomic E-state index is 13.4. The third-order valence-electron chi connectivity index (χ3n) is 8.73. The van der Waals surface area contributed by atoms with Crippen molar-refractivity contribution >= 4 is 58.4 Å². The highest BCUT2D eigenvalue weighted by Gasteiger charge is 2.38. The summed E-state index contributed by atoms with van der Waals surface area (Å²) in [5.41, 5.74) is 3.39. The Balaban J connectivity index is 0.000000231. The fourth-order valence-electron chi connectivity index (χ4n) is 5.72. The molecular formula is C44H37ClF6O7S3. The van der Waals surface area contributed by atoms with Crippen molar-refractivity contribution in [2.24, 2.45) is 0 Å². The SMILES string of the molecule is CCc1cc(-c2ccc(C(F)(F)F)cc2)sc1CSc1ccc(OCC(=O)O)c(C)c1.Cc1cc(SCc2cc(-c3ccc(Cl)cc3)oc2C(F)(F)F)ccc1OCC(=O)O. The average molecular weight is 923 g/mol. The summed E-state index contributed by atoms with van der Waals surface area (Å²) in [6.45, 7) is 4.82. The third-order valence-corrected chi connectivity index (χ3v) is 12.5. The van der Waals surface area contributed by atoms with Crippen LogP contribution in [0.1, 0.15) is 45.4 Å². The summed E-state index contributed by atoms with van der Waals surface area (Å²) >= 11 is 10.3. The van der Waals surface area contributed by atoms with Gasteiger partial charge < -0.3 is 24.1 Å². The van der Waals surface area contributed by atoms with E-state index in [1.807, 2.05) is 19.1 Å². The van der Waals surface area contributed by atoms with Gasteiger partial charge in [0.1, 0.15) is 17.3 Å². The predicted molar refractivity (Wildman–Crippen MR) is 226 cm³/mol. The van der Waals surface area contributed by atoms with E-state index in [9.17, 15) is 35.9 Å². The Bertz CT molecular complexity index is 2440. The average Bonchev–Trinajstić information content (AvgIpc) is 3.84. The zero-order valence-corrected chi connectivity index (χ0v) is 35.8. The number of carboxylic acid groups (broad SMARTS) is 2. The highest BCUT2D eigenvalue weighted by atomic mass is 35.5. The van der Waals surface area contributed by atoms with Crippen molar-refractivity contribution in [1.29, 1.82) is 0 Å². The summed E-state index contributed by atoms with van der Waals surface area (Å²) in [5.74, 6) is -1.30. The molecule has 4 aromatic carbocycles. The molecule has 0 spiro atoms. The van der Waals surface area contributed by atoms with E-state index in [4.69, 9.17) is 35.7 Å². The molecule has 0 atom stereocenters. The second-order valence-corrected chi connectivity index (χ2v) is 16.9. The fraction of sp³-hybridized carbons (Fsp3) is 0.227. The fourth-order valence-corrected chi connectivity index (χ4v) is 9.18. The summed E-state index contributed by atoms with van der Waals surface area (Å²) in [6.07, 6.45) is -8.12. The molecule has 0 bridgehead atoms. The smallest absolute Gasteiger partial charge is 0.449 e. The molecule has 0 radical (unpaired) electrons. The molecule has 0 saturated heterocycles. The van der Waals surface area contributed by atoms with Gasteiger partial charge in [0.2, 0.25) is 5.76 Å². The minimum atomic E-state index is -4.62. The van der Waals surface area contributed by atoms with Crippen LogP contribution < -0.4 is 9.47 Å². The van der Waals surface area contributed by atoms with Crippen LogP contribution in [0.25, 0.3) is 21.8 Å². The number of halogens is 7. The van der Waals surface area contributed by atoms with Crippen LogP contribution in [-0.2, 0) is 39.9 Å². The number of ether oxygens (including phenoxy) is 2. The Labute approximate surface area is 364 Å². The van der Waals surface area contributed by atoms with Crippen LogP contribution in [0.15, 0.2) is 111 Å².